The van der Waals surface area contributed by atoms with Gasteiger partial charge in [-0.1, -0.05) is 72.8 Å². The predicted molar refractivity (Wildman–Crippen MR) is 108 cm³/mol. The number of hydrogen-bond acceptors (Lipinski definition) is 3. The third-order valence-electron chi connectivity index (χ3n) is 4.74. The van der Waals surface area contributed by atoms with Gasteiger partial charge in [0.2, 0.25) is 11.7 Å². The maximum Gasteiger partial charge on any atom is 0.226 e. The van der Waals surface area contributed by atoms with E-state index in [2.05, 4.69) is 0 Å². The van der Waals surface area contributed by atoms with Crippen molar-refractivity contribution in [2.45, 2.75) is 6.61 Å². The highest BCUT2D eigenvalue weighted by atomic mass is 16.7. The van der Waals surface area contributed by atoms with Crippen LogP contribution in [-0.4, -0.2) is 9.71 Å². The Morgan fingerprint density at radius 3 is 2.32 bits per heavy atom. The minimum atomic E-state index is 0.396. The first-order chi connectivity index (χ1) is 13.8. The zero-order valence-electron chi connectivity index (χ0n) is 15.0. The van der Waals surface area contributed by atoms with E-state index in [0.717, 1.165) is 26.8 Å². The lowest BCUT2D eigenvalue weighted by Gasteiger charge is -2.12. The Kier molecular flexibility index (Phi) is 3.91. The lowest BCUT2D eigenvalue weighted by molar-refractivity contribution is -0.575. The van der Waals surface area contributed by atoms with E-state index >= 15 is 0 Å². The van der Waals surface area contributed by atoms with Crippen molar-refractivity contribution in [3.8, 4) is 11.4 Å². The fraction of sp³-hybridized carbons (Fsp3) is 0.0435. The third-order valence-corrected chi connectivity index (χ3v) is 4.74. The molecule has 0 amide bonds. The Balaban J connectivity index is 1.75. The number of fused-ring (bicyclic) bond motifs is 3. The second-order valence-electron chi connectivity index (χ2n) is 6.56. The van der Waals surface area contributed by atoms with Crippen LogP contribution in [0.2, 0.25) is 0 Å². The molecule has 0 spiro atoms. The van der Waals surface area contributed by atoms with Crippen molar-refractivity contribution in [1.29, 1.82) is 0 Å². The van der Waals surface area contributed by atoms with Gasteiger partial charge in [-0.05, 0) is 11.6 Å². The number of hydrogen-bond donors (Lipinski definition) is 0. The Morgan fingerprint density at radius 2 is 1.54 bits per heavy atom. The van der Waals surface area contributed by atoms with Crippen LogP contribution in [0.3, 0.4) is 0 Å². The minimum absolute atomic E-state index is 0.396. The van der Waals surface area contributed by atoms with E-state index in [-0.39, 0.29) is 0 Å². The van der Waals surface area contributed by atoms with Crippen molar-refractivity contribution >= 4 is 21.9 Å². The summed E-state index contributed by atoms with van der Waals surface area (Å²) in [4.78, 5) is 10.9. The predicted octanol–water partition coefficient (Wildman–Crippen LogP) is 4.12. The Morgan fingerprint density at radius 1 is 0.857 bits per heavy atom. The zero-order chi connectivity index (χ0) is 18.9. The average Bonchev–Trinajstić information content (AvgIpc) is 3.12. The molecule has 5 aromatic rings. The highest BCUT2D eigenvalue weighted by Gasteiger charge is 2.20. The summed E-state index contributed by atoms with van der Waals surface area (Å²) in [5.74, 6) is 0.669. The molecule has 0 aliphatic carbocycles. The number of aromatic nitrogens is 3. The molecule has 0 bridgehead atoms. The fourth-order valence-corrected chi connectivity index (χ4v) is 3.41. The van der Waals surface area contributed by atoms with Crippen molar-refractivity contribution in [3.05, 3.63) is 102 Å². The molecule has 0 unspecified atom stereocenters. The van der Waals surface area contributed by atoms with Crippen LogP contribution in [0, 0.1) is 5.21 Å². The number of imidazole rings is 1. The first-order valence-corrected chi connectivity index (χ1v) is 9.07. The van der Waals surface area contributed by atoms with Gasteiger partial charge in [0.05, 0.1) is 5.39 Å². The van der Waals surface area contributed by atoms with Gasteiger partial charge in [-0.15, -0.1) is 0 Å². The number of para-hydroxylation sites is 1. The van der Waals surface area contributed by atoms with Crippen LogP contribution in [0.1, 0.15) is 5.56 Å². The first-order valence-electron chi connectivity index (χ1n) is 9.07. The summed E-state index contributed by atoms with van der Waals surface area (Å²) in [6.45, 7) is 0.396. The molecule has 136 valence electrons. The van der Waals surface area contributed by atoms with E-state index in [1.165, 1.54) is 6.20 Å². The Bertz CT molecular complexity index is 1270. The van der Waals surface area contributed by atoms with Crippen LogP contribution >= 0.6 is 0 Å². The summed E-state index contributed by atoms with van der Waals surface area (Å²) in [6.07, 6.45) is 1.51. The van der Waals surface area contributed by atoms with Crippen LogP contribution in [0.15, 0.2) is 91.1 Å². The maximum absolute atomic E-state index is 12.5. The number of benzene rings is 3. The summed E-state index contributed by atoms with van der Waals surface area (Å²) < 4.78 is 2.61. The quantitative estimate of drug-likeness (QED) is 0.355. The van der Waals surface area contributed by atoms with Gasteiger partial charge < -0.3 is 10.0 Å². The van der Waals surface area contributed by atoms with Crippen molar-refractivity contribution in [2.75, 3.05) is 0 Å². The van der Waals surface area contributed by atoms with Crippen molar-refractivity contribution in [2.24, 2.45) is 0 Å². The molecule has 0 fully saturated rings. The van der Waals surface area contributed by atoms with E-state index < -0.39 is 0 Å². The van der Waals surface area contributed by atoms with E-state index in [9.17, 15) is 5.21 Å². The lowest BCUT2D eigenvalue weighted by atomic mass is 10.2. The van der Waals surface area contributed by atoms with Gasteiger partial charge in [-0.2, -0.15) is 9.46 Å². The van der Waals surface area contributed by atoms with E-state index in [1.807, 2.05) is 78.9 Å². The standard InChI is InChI=1S/C23H17N3O2/c27-25-15-20-22(19-13-7-8-14-21(19)25)26(28-16-17-9-3-1-4-10-17)23(24-20)18-11-5-2-6-12-18/h1-15H,16H2. The fourth-order valence-electron chi connectivity index (χ4n) is 3.41. The van der Waals surface area contributed by atoms with Gasteiger partial charge in [-0.3, -0.25) is 0 Å². The van der Waals surface area contributed by atoms with Gasteiger partial charge >= 0.3 is 0 Å². The summed E-state index contributed by atoms with van der Waals surface area (Å²) in [5.41, 5.74) is 3.95. The topological polar surface area (TPSA) is 54.0 Å². The molecule has 5 heteroatoms. The zero-order valence-corrected chi connectivity index (χ0v) is 15.0. The molecule has 5 rings (SSSR count). The summed E-state index contributed by atoms with van der Waals surface area (Å²) in [5, 5.41) is 13.3. The van der Waals surface area contributed by atoms with Crippen LogP contribution < -0.4 is 9.57 Å². The molecule has 0 saturated carbocycles. The highest BCUT2D eigenvalue weighted by Crippen LogP contribution is 2.28. The van der Waals surface area contributed by atoms with Crippen LogP contribution in [0.4, 0.5) is 0 Å². The number of pyridine rings is 1. The Hall–Kier alpha value is -3.86. The largest absolute Gasteiger partial charge is 0.618 e. The molecule has 0 radical (unpaired) electrons. The Labute approximate surface area is 161 Å². The van der Waals surface area contributed by atoms with Crippen LogP contribution in [-0.2, 0) is 6.61 Å². The smallest absolute Gasteiger partial charge is 0.226 e. The van der Waals surface area contributed by atoms with E-state index in [1.54, 1.807) is 10.8 Å². The first kappa shape index (κ1) is 16.3. The second kappa shape index (κ2) is 6.70. The van der Waals surface area contributed by atoms with E-state index in [0.29, 0.717) is 23.5 Å². The van der Waals surface area contributed by atoms with Gasteiger partial charge in [0, 0.05) is 11.6 Å². The summed E-state index contributed by atoms with van der Waals surface area (Å²) in [6, 6.07) is 27.3. The van der Waals surface area contributed by atoms with Crippen molar-refractivity contribution in [1.82, 2.24) is 9.71 Å². The third kappa shape index (κ3) is 2.74. The monoisotopic (exact) mass is 367 g/mol. The van der Waals surface area contributed by atoms with Crippen LogP contribution in [0.25, 0.3) is 33.3 Å². The summed E-state index contributed by atoms with van der Waals surface area (Å²) >= 11 is 0. The minimum Gasteiger partial charge on any atom is -0.618 e. The molecular formula is C23H17N3O2. The van der Waals surface area contributed by atoms with Gasteiger partial charge in [0.15, 0.2) is 11.3 Å². The molecule has 28 heavy (non-hydrogen) atoms. The number of nitrogens with zero attached hydrogens (tertiary/aromatic N) is 3. The van der Waals surface area contributed by atoms with E-state index in [4.69, 9.17) is 9.82 Å². The average molecular weight is 367 g/mol. The maximum atomic E-state index is 12.5. The molecule has 0 atom stereocenters. The summed E-state index contributed by atoms with van der Waals surface area (Å²) in [7, 11) is 0. The molecule has 2 aromatic heterocycles. The molecule has 0 aliphatic heterocycles. The molecule has 0 N–H and O–H groups in total. The normalized spacial score (nSPS) is 11.1. The van der Waals surface area contributed by atoms with Crippen molar-refractivity contribution < 1.29 is 9.57 Å². The highest BCUT2D eigenvalue weighted by molar-refractivity contribution is 6.01. The molecule has 3 aromatic carbocycles. The van der Waals surface area contributed by atoms with Crippen LogP contribution in [0.5, 0.6) is 0 Å². The number of rotatable bonds is 4. The molecule has 5 nitrogen and oxygen atoms in total. The second-order valence-corrected chi connectivity index (χ2v) is 6.56. The van der Waals surface area contributed by atoms with Gasteiger partial charge in [0.1, 0.15) is 12.1 Å². The lowest BCUT2D eigenvalue weighted by Crippen LogP contribution is -2.26. The van der Waals surface area contributed by atoms with Crippen molar-refractivity contribution in [3.63, 3.8) is 0 Å². The van der Waals surface area contributed by atoms with Gasteiger partial charge in [-0.25, -0.2) is 4.98 Å². The molecule has 2 heterocycles. The molecule has 0 saturated heterocycles. The SMILES string of the molecule is [O-][n+]1cc2nc(-c3ccccc3)n(OCc3ccccc3)c2c2ccccc21. The van der Waals surface area contributed by atoms with Gasteiger partial charge in [0.25, 0.3) is 0 Å². The molecule has 0 aliphatic rings. The molecular weight excluding hydrogens is 350 g/mol.